The number of nitrogens with zero attached hydrogens (tertiary/aromatic N) is 1. The minimum atomic E-state index is -4.40. The number of hydrogen-bond acceptors (Lipinski definition) is 4. The molecule has 2 atom stereocenters. The number of rotatable bonds is 2. The predicted molar refractivity (Wildman–Crippen MR) is 83.4 cm³/mol. The first kappa shape index (κ1) is 16.1. The third-order valence-corrected chi connectivity index (χ3v) is 6.64. The summed E-state index contributed by atoms with van der Waals surface area (Å²) in [6.45, 7) is 5.74. The number of anilines is 1. The van der Waals surface area contributed by atoms with Crippen LogP contribution in [-0.2, 0) is 19.7 Å². The van der Waals surface area contributed by atoms with Crippen molar-refractivity contribution in [2.24, 2.45) is 16.7 Å². The fourth-order valence-corrected chi connectivity index (χ4v) is 4.37. The molecule has 2 fully saturated rings. The third kappa shape index (κ3) is 2.06. The van der Waals surface area contributed by atoms with Gasteiger partial charge in [0.2, 0.25) is 11.8 Å². The van der Waals surface area contributed by atoms with Crippen LogP contribution in [0.1, 0.15) is 33.6 Å². The number of hydrogen-bond donors (Lipinski definition) is 1. The highest BCUT2D eigenvalue weighted by Gasteiger charge is 2.64. The van der Waals surface area contributed by atoms with E-state index < -0.39 is 20.9 Å². The second-order valence-electron chi connectivity index (χ2n) is 7.10. The zero-order chi connectivity index (χ0) is 17.2. The summed E-state index contributed by atoms with van der Waals surface area (Å²) in [7, 11) is -4.40. The van der Waals surface area contributed by atoms with E-state index in [-0.39, 0.29) is 28.3 Å². The Bertz CT molecular complexity index is 814. The minimum absolute atomic E-state index is 0.184. The van der Waals surface area contributed by atoms with Crippen LogP contribution in [0.2, 0.25) is 0 Å². The van der Waals surface area contributed by atoms with Gasteiger partial charge in [-0.3, -0.25) is 14.1 Å². The number of amides is 2. The van der Waals surface area contributed by atoms with Crippen LogP contribution in [0.25, 0.3) is 0 Å². The first-order valence-electron chi connectivity index (χ1n) is 7.46. The molecule has 1 aromatic carbocycles. The Balaban J connectivity index is 2.12. The van der Waals surface area contributed by atoms with Gasteiger partial charge in [-0.1, -0.05) is 26.8 Å². The first-order chi connectivity index (χ1) is 10.5. The molecule has 0 radical (unpaired) electrons. The first-order valence-corrected chi connectivity index (χ1v) is 8.90. The van der Waals surface area contributed by atoms with Gasteiger partial charge in [0, 0.05) is 5.92 Å². The fraction of sp³-hybridized carbons (Fsp3) is 0.500. The second-order valence-corrected chi connectivity index (χ2v) is 8.52. The summed E-state index contributed by atoms with van der Waals surface area (Å²) in [4.78, 5) is 26.5. The van der Waals surface area contributed by atoms with Gasteiger partial charge in [0.05, 0.1) is 16.0 Å². The van der Waals surface area contributed by atoms with Crippen LogP contribution in [0.4, 0.5) is 5.69 Å². The zero-order valence-corrected chi connectivity index (χ0v) is 14.1. The van der Waals surface area contributed by atoms with Crippen LogP contribution in [0.3, 0.4) is 0 Å². The van der Waals surface area contributed by atoms with Crippen LogP contribution in [0, 0.1) is 16.7 Å². The van der Waals surface area contributed by atoms with E-state index >= 15 is 0 Å². The Hall–Kier alpha value is -1.73. The summed E-state index contributed by atoms with van der Waals surface area (Å²) in [5.41, 5.74) is -0.915. The molecule has 2 amide bonds. The second kappa shape index (κ2) is 4.64. The summed E-state index contributed by atoms with van der Waals surface area (Å²) in [6, 6.07) is 5.29. The molecule has 7 heteroatoms. The van der Waals surface area contributed by atoms with Crippen molar-refractivity contribution in [2.75, 3.05) is 4.90 Å². The molecular weight excluding hydrogens is 318 g/mol. The van der Waals surface area contributed by atoms with Crippen LogP contribution >= 0.6 is 0 Å². The van der Waals surface area contributed by atoms with Crippen LogP contribution in [-0.4, -0.2) is 24.8 Å². The van der Waals surface area contributed by atoms with E-state index in [4.69, 9.17) is 0 Å². The summed E-state index contributed by atoms with van der Waals surface area (Å²) < 4.78 is 31.8. The maximum absolute atomic E-state index is 13.0. The van der Waals surface area contributed by atoms with Crippen molar-refractivity contribution in [3.8, 4) is 0 Å². The van der Waals surface area contributed by atoms with E-state index in [1.807, 2.05) is 20.8 Å². The molecule has 1 aromatic rings. The lowest BCUT2D eigenvalue weighted by Gasteiger charge is -2.47. The van der Waals surface area contributed by atoms with E-state index in [1.54, 1.807) is 0 Å². The Morgan fingerprint density at radius 3 is 2.48 bits per heavy atom. The smallest absolute Gasteiger partial charge is 0.282 e. The molecule has 1 saturated heterocycles. The summed E-state index contributed by atoms with van der Waals surface area (Å²) in [6.07, 6.45) is 1.27. The van der Waals surface area contributed by atoms with E-state index in [1.165, 1.54) is 18.2 Å². The van der Waals surface area contributed by atoms with Crippen molar-refractivity contribution in [3.05, 3.63) is 24.3 Å². The lowest BCUT2D eigenvalue weighted by Crippen LogP contribution is -2.59. The molecule has 124 valence electrons. The summed E-state index contributed by atoms with van der Waals surface area (Å²) in [5.74, 6) is -0.893. The van der Waals surface area contributed by atoms with Gasteiger partial charge in [-0.05, 0) is 36.5 Å². The third-order valence-electron chi connectivity index (χ3n) is 5.79. The summed E-state index contributed by atoms with van der Waals surface area (Å²) in [5, 5.41) is 0. The molecule has 0 unspecified atom stereocenters. The predicted octanol–water partition coefficient (Wildman–Crippen LogP) is 2.25. The summed E-state index contributed by atoms with van der Waals surface area (Å²) >= 11 is 0. The quantitative estimate of drug-likeness (QED) is 0.660. The Labute approximate surface area is 135 Å². The highest BCUT2D eigenvalue weighted by atomic mass is 32.2. The number of fused-ring (bicyclic) bond motifs is 2. The highest BCUT2D eigenvalue weighted by molar-refractivity contribution is 7.85. The normalized spacial score (nSPS) is 29.9. The van der Waals surface area contributed by atoms with Crippen LogP contribution < -0.4 is 4.90 Å². The van der Waals surface area contributed by atoms with Gasteiger partial charge in [0.15, 0.2) is 0 Å². The molecule has 1 N–H and O–H groups in total. The Morgan fingerprint density at radius 1 is 1.22 bits per heavy atom. The number of carbonyl (C=O) groups excluding carboxylic acids is 2. The van der Waals surface area contributed by atoms with Gasteiger partial charge in [0.25, 0.3) is 10.1 Å². The number of benzene rings is 1. The van der Waals surface area contributed by atoms with Gasteiger partial charge < -0.3 is 0 Å². The largest absolute Gasteiger partial charge is 0.294 e. The van der Waals surface area contributed by atoms with Crippen molar-refractivity contribution in [1.29, 1.82) is 0 Å². The average Bonchev–Trinajstić information content (AvgIpc) is 2.63. The van der Waals surface area contributed by atoms with Gasteiger partial charge in [-0.25, -0.2) is 4.90 Å². The van der Waals surface area contributed by atoms with Crippen LogP contribution in [0.15, 0.2) is 29.2 Å². The molecule has 1 aliphatic heterocycles. The molecule has 23 heavy (non-hydrogen) atoms. The Kier molecular flexibility index (Phi) is 3.26. The minimum Gasteiger partial charge on any atom is -0.282 e. The molecule has 3 rings (SSSR count). The van der Waals surface area contributed by atoms with Crippen molar-refractivity contribution >= 4 is 27.6 Å². The van der Waals surface area contributed by atoms with Crippen molar-refractivity contribution in [1.82, 2.24) is 0 Å². The Morgan fingerprint density at radius 2 is 1.87 bits per heavy atom. The molecular formula is C16H19NO5S. The highest BCUT2D eigenvalue weighted by Crippen LogP contribution is 2.60. The SMILES string of the molecule is CC1(C)[C@H]2CC[C@]1(C)C(=O)N(c1cccc(S(=O)(=O)O)c1)C2=O. The molecule has 2 aliphatic rings. The van der Waals surface area contributed by atoms with E-state index in [0.717, 1.165) is 11.0 Å². The maximum Gasteiger partial charge on any atom is 0.294 e. The molecule has 1 heterocycles. The van der Waals surface area contributed by atoms with Crippen molar-refractivity contribution in [3.63, 3.8) is 0 Å². The van der Waals surface area contributed by atoms with E-state index in [0.29, 0.717) is 12.8 Å². The van der Waals surface area contributed by atoms with E-state index in [2.05, 4.69) is 0 Å². The molecule has 6 nitrogen and oxygen atoms in total. The van der Waals surface area contributed by atoms with Gasteiger partial charge in [0.1, 0.15) is 0 Å². The molecule has 2 bridgehead atoms. The topological polar surface area (TPSA) is 91.8 Å². The lowest BCUT2D eigenvalue weighted by molar-refractivity contribution is -0.146. The van der Waals surface area contributed by atoms with Gasteiger partial charge >= 0.3 is 0 Å². The maximum atomic E-state index is 13.0. The lowest BCUT2D eigenvalue weighted by atomic mass is 9.62. The number of imide groups is 1. The fourth-order valence-electron chi connectivity index (χ4n) is 3.85. The number of piperidine rings is 1. The van der Waals surface area contributed by atoms with Crippen LogP contribution in [0.5, 0.6) is 0 Å². The van der Waals surface area contributed by atoms with Crippen molar-refractivity contribution < 1.29 is 22.6 Å². The molecule has 0 spiro atoms. The number of carbonyl (C=O) groups is 2. The van der Waals surface area contributed by atoms with E-state index in [9.17, 15) is 22.6 Å². The zero-order valence-electron chi connectivity index (χ0n) is 13.2. The monoisotopic (exact) mass is 337 g/mol. The van der Waals surface area contributed by atoms with Crippen molar-refractivity contribution in [2.45, 2.75) is 38.5 Å². The standard InChI is InChI=1S/C16H19NO5S/c1-15(2)12-7-8-16(15,3)14(19)17(13(12)18)10-5-4-6-11(9-10)23(20,21)22/h4-6,9,12H,7-8H2,1-3H3,(H,20,21,22)/t12-,16+/m0/s1. The average molecular weight is 337 g/mol. The van der Waals surface area contributed by atoms with Gasteiger partial charge in [-0.15, -0.1) is 0 Å². The molecule has 1 aliphatic carbocycles. The molecule has 1 saturated carbocycles. The van der Waals surface area contributed by atoms with Gasteiger partial charge in [-0.2, -0.15) is 8.42 Å². The molecule has 0 aromatic heterocycles.